The lowest BCUT2D eigenvalue weighted by molar-refractivity contribution is 0.259. The van der Waals surface area contributed by atoms with Crippen molar-refractivity contribution in [2.75, 3.05) is 0 Å². The van der Waals surface area contributed by atoms with Gasteiger partial charge in [-0.3, -0.25) is 0 Å². The minimum atomic E-state index is -0.242. The molecule has 0 unspecified atom stereocenters. The molecule has 0 aliphatic rings. The van der Waals surface area contributed by atoms with E-state index in [2.05, 4.69) is 34.0 Å². The Morgan fingerprint density at radius 3 is 2.33 bits per heavy atom. The molecule has 90 valence electrons. The molecule has 2 aromatic rings. The normalized spacial score (nSPS) is 11.6. The first-order valence-electron chi connectivity index (χ1n) is 5.70. The highest BCUT2D eigenvalue weighted by Crippen LogP contribution is 2.18. The zero-order valence-corrected chi connectivity index (χ0v) is 11.4. The third-order valence-corrected chi connectivity index (χ3v) is 3.07. The van der Waals surface area contributed by atoms with Crippen molar-refractivity contribution in [2.24, 2.45) is 0 Å². The molecule has 0 aliphatic carbocycles. The van der Waals surface area contributed by atoms with Gasteiger partial charge in [0.15, 0.2) is 6.10 Å². The van der Waals surface area contributed by atoms with E-state index in [0.717, 1.165) is 10.2 Å². The zero-order chi connectivity index (χ0) is 12.8. The number of rotatable bonds is 4. The van der Waals surface area contributed by atoms with Crippen molar-refractivity contribution in [3.63, 3.8) is 0 Å². The fourth-order valence-corrected chi connectivity index (χ4v) is 1.90. The van der Waals surface area contributed by atoms with Crippen LogP contribution in [0.15, 0.2) is 59.1 Å². The maximum absolute atomic E-state index is 5.77. The predicted molar refractivity (Wildman–Crippen MR) is 77.5 cm³/mol. The Hall–Kier alpha value is -1.72. The van der Waals surface area contributed by atoms with Crippen LogP contribution in [0.5, 0.6) is 5.75 Å². The summed E-state index contributed by atoms with van der Waals surface area (Å²) in [5.74, 6) is 3.47. The fourth-order valence-electron chi connectivity index (χ4n) is 1.64. The van der Waals surface area contributed by atoms with Crippen molar-refractivity contribution in [2.45, 2.75) is 12.5 Å². The summed E-state index contributed by atoms with van der Waals surface area (Å²) in [7, 11) is 0. The van der Waals surface area contributed by atoms with Crippen LogP contribution < -0.4 is 4.74 Å². The van der Waals surface area contributed by atoms with E-state index in [0.29, 0.717) is 6.42 Å². The van der Waals surface area contributed by atoms with Crippen LogP contribution in [-0.4, -0.2) is 6.10 Å². The fraction of sp³-hybridized carbons (Fsp3) is 0.125. The molecule has 0 saturated carbocycles. The SMILES string of the molecule is C#C[C@H](Cc1ccccc1)Oc1ccc(Br)cc1. The molecule has 0 N–H and O–H groups in total. The van der Waals surface area contributed by atoms with Crippen molar-refractivity contribution in [1.82, 2.24) is 0 Å². The maximum atomic E-state index is 5.77. The Balaban J connectivity index is 2.02. The maximum Gasteiger partial charge on any atom is 0.162 e. The van der Waals surface area contributed by atoms with Crippen LogP contribution in [0.2, 0.25) is 0 Å². The summed E-state index contributed by atoms with van der Waals surface area (Å²) in [5, 5.41) is 0. The summed E-state index contributed by atoms with van der Waals surface area (Å²) in [6, 6.07) is 17.8. The zero-order valence-electron chi connectivity index (χ0n) is 9.84. The standard InChI is InChI=1S/C16H13BrO/c1-2-15(12-13-6-4-3-5-7-13)18-16-10-8-14(17)9-11-16/h1,3-11,15H,12H2/t15-/m1/s1. The minimum Gasteiger partial charge on any atom is -0.477 e. The first-order valence-corrected chi connectivity index (χ1v) is 6.49. The molecule has 1 atom stereocenters. The Morgan fingerprint density at radius 2 is 1.72 bits per heavy atom. The lowest BCUT2D eigenvalue weighted by atomic mass is 10.1. The molecule has 0 aromatic heterocycles. The molecule has 2 rings (SSSR count). The van der Waals surface area contributed by atoms with Gasteiger partial charge < -0.3 is 4.74 Å². The summed E-state index contributed by atoms with van der Waals surface area (Å²) < 4.78 is 6.79. The second-order valence-corrected chi connectivity index (χ2v) is 4.83. The molecule has 0 heterocycles. The summed E-state index contributed by atoms with van der Waals surface area (Å²) in [6.45, 7) is 0. The topological polar surface area (TPSA) is 9.23 Å². The Kier molecular flexibility index (Phi) is 4.44. The third kappa shape index (κ3) is 3.65. The first-order chi connectivity index (χ1) is 8.78. The highest BCUT2D eigenvalue weighted by atomic mass is 79.9. The van der Waals surface area contributed by atoms with Crippen LogP contribution in [0.25, 0.3) is 0 Å². The van der Waals surface area contributed by atoms with E-state index in [1.54, 1.807) is 0 Å². The molecule has 0 bridgehead atoms. The van der Waals surface area contributed by atoms with Crippen LogP contribution in [0.1, 0.15) is 5.56 Å². The molecule has 2 aromatic carbocycles. The number of hydrogen-bond acceptors (Lipinski definition) is 1. The molecule has 0 fully saturated rings. The molecular formula is C16H13BrO. The Labute approximate surface area is 116 Å². The number of terminal acetylenes is 1. The summed E-state index contributed by atoms with van der Waals surface area (Å²) in [4.78, 5) is 0. The number of hydrogen-bond donors (Lipinski definition) is 0. The molecular weight excluding hydrogens is 288 g/mol. The number of halogens is 1. The van der Waals surface area contributed by atoms with Gasteiger partial charge in [0.05, 0.1) is 0 Å². The summed E-state index contributed by atoms with van der Waals surface area (Å²) in [5.41, 5.74) is 1.18. The average molecular weight is 301 g/mol. The second-order valence-electron chi connectivity index (χ2n) is 3.92. The number of ether oxygens (including phenoxy) is 1. The van der Waals surface area contributed by atoms with Crippen LogP contribution in [0.4, 0.5) is 0 Å². The van der Waals surface area contributed by atoms with Crippen molar-refractivity contribution < 1.29 is 4.74 Å². The second kappa shape index (κ2) is 6.28. The molecule has 2 heteroatoms. The van der Waals surface area contributed by atoms with Gasteiger partial charge in [-0.05, 0) is 29.8 Å². The van der Waals surface area contributed by atoms with Crippen LogP contribution in [0, 0.1) is 12.3 Å². The monoisotopic (exact) mass is 300 g/mol. The van der Waals surface area contributed by atoms with Gasteiger partial charge in [0.1, 0.15) is 5.75 Å². The molecule has 0 aliphatic heterocycles. The third-order valence-electron chi connectivity index (χ3n) is 2.54. The van der Waals surface area contributed by atoms with Gasteiger partial charge in [-0.25, -0.2) is 0 Å². The van der Waals surface area contributed by atoms with E-state index in [1.165, 1.54) is 5.56 Å². The van der Waals surface area contributed by atoms with Gasteiger partial charge in [0, 0.05) is 10.9 Å². The van der Waals surface area contributed by atoms with Crippen LogP contribution in [0.3, 0.4) is 0 Å². The summed E-state index contributed by atoms with van der Waals surface area (Å²) in [6.07, 6.45) is 5.99. The molecule has 1 nitrogen and oxygen atoms in total. The van der Waals surface area contributed by atoms with E-state index >= 15 is 0 Å². The van der Waals surface area contributed by atoms with Gasteiger partial charge in [-0.15, -0.1) is 6.42 Å². The molecule has 0 spiro atoms. The highest BCUT2D eigenvalue weighted by molar-refractivity contribution is 9.10. The lowest BCUT2D eigenvalue weighted by Gasteiger charge is -2.14. The molecule has 18 heavy (non-hydrogen) atoms. The van der Waals surface area contributed by atoms with E-state index in [-0.39, 0.29) is 6.10 Å². The van der Waals surface area contributed by atoms with Crippen LogP contribution >= 0.6 is 15.9 Å². The van der Waals surface area contributed by atoms with E-state index in [9.17, 15) is 0 Å². The quantitative estimate of drug-likeness (QED) is 0.773. The first kappa shape index (κ1) is 12.7. The molecule has 0 saturated heterocycles. The Bertz CT molecular complexity index is 525. The van der Waals surface area contributed by atoms with Crippen molar-refractivity contribution >= 4 is 15.9 Å². The van der Waals surface area contributed by atoms with Gasteiger partial charge in [0.2, 0.25) is 0 Å². The smallest absolute Gasteiger partial charge is 0.162 e. The van der Waals surface area contributed by atoms with Crippen molar-refractivity contribution in [3.8, 4) is 18.1 Å². The van der Waals surface area contributed by atoms with E-state index in [1.807, 2.05) is 42.5 Å². The number of benzene rings is 2. The van der Waals surface area contributed by atoms with E-state index < -0.39 is 0 Å². The lowest BCUT2D eigenvalue weighted by Crippen LogP contribution is -2.17. The molecule has 0 amide bonds. The van der Waals surface area contributed by atoms with Gasteiger partial charge in [-0.2, -0.15) is 0 Å². The Morgan fingerprint density at radius 1 is 1.06 bits per heavy atom. The predicted octanol–water partition coefficient (Wildman–Crippen LogP) is 4.07. The minimum absolute atomic E-state index is 0.242. The van der Waals surface area contributed by atoms with Gasteiger partial charge in [0.25, 0.3) is 0 Å². The van der Waals surface area contributed by atoms with Crippen molar-refractivity contribution in [3.05, 3.63) is 64.6 Å². The highest BCUT2D eigenvalue weighted by Gasteiger charge is 2.07. The molecule has 0 radical (unpaired) electrons. The van der Waals surface area contributed by atoms with Crippen LogP contribution in [-0.2, 0) is 6.42 Å². The largest absolute Gasteiger partial charge is 0.477 e. The average Bonchev–Trinajstić information content (AvgIpc) is 2.41. The summed E-state index contributed by atoms with van der Waals surface area (Å²) >= 11 is 3.39. The van der Waals surface area contributed by atoms with Crippen molar-refractivity contribution in [1.29, 1.82) is 0 Å². The van der Waals surface area contributed by atoms with Gasteiger partial charge >= 0.3 is 0 Å². The van der Waals surface area contributed by atoms with E-state index in [4.69, 9.17) is 11.2 Å². The van der Waals surface area contributed by atoms with Gasteiger partial charge in [-0.1, -0.05) is 52.2 Å².